The van der Waals surface area contributed by atoms with E-state index in [1.807, 2.05) is 6.92 Å². The molecular formula is C20H28O6. The van der Waals surface area contributed by atoms with Crippen LogP contribution in [0.25, 0.3) is 0 Å². The molecule has 4 aliphatic carbocycles. The molecule has 0 radical (unpaired) electrons. The van der Waals surface area contributed by atoms with Crippen LogP contribution in [-0.4, -0.2) is 44.6 Å². The zero-order valence-corrected chi connectivity index (χ0v) is 15.3. The monoisotopic (exact) mass is 364 g/mol. The molecule has 4 rings (SSSR count). The number of carboxylic acid groups (broad SMARTS) is 2. The molecule has 4 saturated carbocycles. The summed E-state index contributed by atoms with van der Waals surface area (Å²) in [6.45, 7) is 7.65. The SMILES string of the molecule is C=C1C[C@]23CC1[C@H](O)C[C@H]2[C@]1(C)C[C@H](O)C[C@@](C)(C(=O)O)[C@H]1[C@@H]3C(=O)O. The summed E-state index contributed by atoms with van der Waals surface area (Å²) in [5.74, 6) is -3.58. The molecule has 0 amide bonds. The van der Waals surface area contributed by atoms with Crippen LogP contribution in [0, 0.1) is 39.9 Å². The summed E-state index contributed by atoms with van der Waals surface area (Å²) in [4.78, 5) is 24.7. The molecule has 6 heteroatoms. The number of aliphatic hydroxyl groups is 2. The van der Waals surface area contributed by atoms with Gasteiger partial charge in [-0.3, -0.25) is 9.59 Å². The minimum absolute atomic E-state index is 0.0715. The predicted octanol–water partition coefficient (Wildman–Crippen LogP) is 1.90. The lowest BCUT2D eigenvalue weighted by Gasteiger charge is -2.52. The molecule has 0 heterocycles. The molecule has 6 nitrogen and oxygen atoms in total. The van der Waals surface area contributed by atoms with Crippen molar-refractivity contribution in [3.8, 4) is 0 Å². The Kier molecular flexibility index (Phi) is 3.53. The molecule has 0 aromatic carbocycles. The number of rotatable bonds is 2. The summed E-state index contributed by atoms with van der Waals surface area (Å²) < 4.78 is 0. The van der Waals surface area contributed by atoms with Crippen LogP contribution in [0.2, 0.25) is 0 Å². The quantitative estimate of drug-likeness (QED) is 0.556. The minimum Gasteiger partial charge on any atom is -0.481 e. The van der Waals surface area contributed by atoms with Crippen molar-refractivity contribution < 1.29 is 30.0 Å². The molecule has 4 aliphatic rings. The van der Waals surface area contributed by atoms with Crippen LogP contribution in [0.1, 0.15) is 46.0 Å². The fourth-order valence-electron chi connectivity index (χ4n) is 7.97. The number of hydrogen-bond donors (Lipinski definition) is 4. The van der Waals surface area contributed by atoms with E-state index in [0.29, 0.717) is 25.7 Å². The van der Waals surface area contributed by atoms with E-state index in [4.69, 9.17) is 0 Å². The van der Waals surface area contributed by atoms with Crippen molar-refractivity contribution >= 4 is 11.9 Å². The second kappa shape index (κ2) is 5.10. The van der Waals surface area contributed by atoms with Gasteiger partial charge in [0.05, 0.1) is 23.5 Å². The topological polar surface area (TPSA) is 115 Å². The maximum atomic E-state index is 12.5. The summed E-state index contributed by atoms with van der Waals surface area (Å²) in [6.07, 6.45) is 0.677. The summed E-state index contributed by atoms with van der Waals surface area (Å²) in [5.41, 5.74) is -1.60. The fraction of sp³-hybridized carbons (Fsp3) is 0.800. The molecule has 4 fully saturated rings. The highest BCUT2D eigenvalue weighted by Gasteiger charge is 2.76. The highest BCUT2D eigenvalue weighted by molar-refractivity contribution is 5.79. The first-order chi connectivity index (χ1) is 12.0. The number of fused-ring (bicyclic) bond motifs is 3. The van der Waals surface area contributed by atoms with Crippen LogP contribution in [0.5, 0.6) is 0 Å². The van der Waals surface area contributed by atoms with Gasteiger partial charge >= 0.3 is 11.9 Å². The van der Waals surface area contributed by atoms with E-state index in [-0.39, 0.29) is 18.3 Å². The molecule has 9 atom stereocenters. The molecule has 2 bridgehead atoms. The van der Waals surface area contributed by atoms with Gasteiger partial charge in [0.15, 0.2) is 0 Å². The van der Waals surface area contributed by atoms with Crippen molar-refractivity contribution in [2.24, 2.45) is 39.9 Å². The number of hydrogen-bond acceptors (Lipinski definition) is 4. The fourth-order valence-corrected chi connectivity index (χ4v) is 7.97. The molecule has 0 aliphatic heterocycles. The second-order valence-electron chi connectivity index (χ2n) is 9.82. The van der Waals surface area contributed by atoms with E-state index >= 15 is 0 Å². The molecule has 26 heavy (non-hydrogen) atoms. The Labute approximate surface area is 152 Å². The molecule has 0 aromatic heterocycles. The van der Waals surface area contributed by atoms with Crippen molar-refractivity contribution in [2.75, 3.05) is 0 Å². The lowest BCUT2D eigenvalue weighted by molar-refractivity contribution is -0.173. The Hall–Kier alpha value is -1.40. The van der Waals surface area contributed by atoms with Crippen LogP contribution in [0.15, 0.2) is 12.2 Å². The van der Waals surface area contributed by atoms with E-state index in [0.717, 1.165) is 5.57 Å². The lowest BCUT2D eigenvalue weighted by atomic mass is 9.52. The Morgan fingerprint density at radius 1 is 1.12 bits per heavy atom. The lowest BCUT2D eigenvalue weighted by Crippen LogP contribution is -2.54. The largest absolute Gasteiger partial charge is 0.481 e. The zero-order chi connectivity index (χ0) is 19.2. The Morgan fingerprint density at radius 2 is 1.77 bits per heavy atom. The van der Waals surface area contributed by atoms with E-state index < -0.39 is 52.2 Å². The normalized spacial score (nSPS) is 55.3. The molecule has 1 spiro atoms. The molecule has 1 unspecified atom stereocenters. The van der Waals surface area contributed by atoms with Crippen LogP contribution < -0.4 is 0 Å². The molecular weight excluding hydrogens is 336 g/mol. The van der Waals surface area contributed by atoms with Gasteiger partial charge in [-0.25, -0.2) is 0 Å². The number of carboxylic acids is 2. The van der Waals surface area contributed by atoms with Crippen molar-refractivity contribution in [1.29, 1.82) is 0 Å². The van der Waals surface area contributed by atoms with Gasteiger partial charge in [-0.15, -0.1) is 0 Å². The highest BCUT2D eigenvalue weighted by Crippen LogP contribution is 2.77. The summed E-state index contributed by atoms with van der Waals surface area (Å²) in [7, 11) is 0. The Morgan fingerprint density at radius 3 is 2.35 bits per heavy atom. The number of carbonyl (C=O) groups is 2. The average Bonchev–Trinajstić information content (AvgIpc) is 2.91. The average molecular weight is 364 g/mol. The van der Waals surface area contributed by atoms with E-state index in [1.165, 1.54) is 0 Å². The van der Waals surface area contributed by atoms with Gasteiger partial charge in [-0.1, -0.05) is 19.1 Å². The standard InChI is InChI=1S/C20H28O6/c1-9-5-20-8-11(9)12(22)4-13(20)18(2)6-10(21)7-19(3,17(25)26)15(18)14(20)16(23)24/h10-15,21-22H,1,4-8H2,2-3H3,(H,23,24)(H,25,26)/t10-,11?,12+,13-,14+,15-,18-,19+,20-/m0/s1. The highest BCUT2D eigenvalue weighted by atomic mass is 16.4. The zero-order valence-electron chi connectivity index (χ0n) is 15.3. The van der Waals surface area contributed by atoms with Crippen LogP contribution in [-0.2, 0) is 9.59 Å². The summed E-state index contributed by atoms with van der Waals surface area (Å²) in [6, 6.07) is 0. The number of aliphatic hydroxyl groups excluding tert-OH is 2. The van der Waals surface area contributed by atoms with Crippen molar-refractivity contribution in [3.63, 3.8) is 0 Å². The van der Waals surface area contributed by atoms with E-state index in [9.17, 15) is 30.0 Å². The van der Waals surface area contributed by atoms with E-state index in [2.05, 4.69) is 6.58 Å². The van der Waals surface area contributed by atoms with Crippen molar-refractivity contribution in [3.05, 3.63) is 12.2 Å². The molecule has 4 N–H and O–H groups in total. The maximum absolute atomic E-state index is 12.5. The van der Waals surface area contributed by atoms with Crippen LogP contribution >= 0.6 is 0 Å². The third-order valence-electron chi connectivity index (χ3n) is 8.55. The van der Waals surface area contributed by atoms with Gasteiger partial charge < -0.3 is 20.4 Å². The molecule has 144 valence electrons. The van der Waals surface area contributed by atoms with Gasteiger partial charge in [-0.2, -0.15) is 0 Å². The summed E-state index contributed by atoms with van der Waals surface area (Å²) in [5, 5.41) is 41.4. The number of aliphatic carboxylic acids is 2. The Balaban J connectivity index is 1.95. The first-order valence-electron chi connectivity index (χ1n) is 9.47. The molecule has 0 aromatic rings. The minimum atomic E-state index is -1.30. The third-order valence-corrected chi connectivity index (χ3v) is 8.55. The third kappa shape index (κ3) is 1.89. The predicted molar refractivity (Wildman–Crippen MR) is 92.1 cm³/mol. The van der Waals surface area contributed by atoms with Gasteiger partial charge in [0, 0.05) is 5.92 Å². The van der Waals surface area contributed by atoms with Gasteiger partial charge in [0.25, 0.3) is 0 Å². The first kappa shape index (κ1) is 18.0. The van der Waals surface area contributed by atoms with E-state index in [1.54, 1.807) is 6.92 Å². The Bertz CT molecular complexity index is 702. The summed E-state index contributed by atoms with van der Waals surface area (Å²) >= 11 is 0. The van der Waals surface area contributed by atoms with Gasteiger partial charge in [-0.05, 0) is 61.7 Å². The maximum Gasteiger partial charge on any atom is 0.309 e. The van der Waals surface area contributed by atoms with Gasteiger partial charge in [0.1, 0.15) is 0 Å². The van der Waals surface area contributed by atoms with Crippen molar-refractivity contribution in [1.82, 2.24) is 0 Å². The van der Waals surface area contributed by atoms with Crippen LogP contribution in [0.3, 0.4) is 0 Å². The first-order valence-corrected chi connectivity index (χ1v) is 9.47. The second-order valence-corrected chi connectivity index (χ2v) is 9.82. The smallest absolute Gasteiger partial charge is 0.309 e. The molecule has 0 saturated heterocycles. The van der Waals surface area contributed by atoms with Gasteiger partial charge in [0.2, 0.25) is 0 Å². The van der Waals surface area contributed by atoms with Crippen LogP contribution in [0.4, 0.5) is 0 Å². The van der Waals surface area contributed by atoms with Crippen molar-refractivity contribution in [2.45, 2.75) is 58.2 Å².